The second kappa shape index (κ2) is 4.20. The SMILES string of the molecule is COc1[nH]c2nc(C)nc(N)c2c1-c1cncnc1. The molecule has 3 aromatic heterocycles. The fraction of sp³-hybridized carbons (Fsp3) is 0.167. The third-order valence-corrected chi connectivity index (χ3v) is 2.81. The van der Waals surface area contributed by atoms with Crippen LogP contribution in [0.5, 0.6) is 5.88 Å². The Balaban J connectivity index is 2.40. The molecule has 3 N–H and O–H groups in total. The number of anilines is 1. The van der Waals surface area contributed by atoms with Crippen LogP contribution in [0.25, 0.3) is 22.2 Å². The average molecular weight is 256 g/mol. The van der Waals surface area contributed by atoms with Crippen molar-refractivity contribution in [1.29, 1.82) is 0 Å². The van der Waals surface area contributed by atoms with Crippen molar-refractivity contribution in [3.8, 4) is 17.0 Å². The first-order valence-electron chi connectivity index (χ1n) is 5.66. The highest BCUT2D eigenvalue weighted by Gasteiger charge is 2.19. The second-order valence-corrected chi connectivity index (χ2v) is 4.04. The zero-order chi connectivity index (χ0) is 13.4. The minimum Gasteiger partial charge on any atom is -0.482 e. The Labute approximate surface area is 108 Å². The van der Waals surface area contributed by atoms with Crippen LogP contribution in [0, 0.1) is 6.92 Å². The first kappa shape index (κ1) is 11.4. The first-order chi connectivity index (χ1) is 9.20. The number of nitrogens with two attached hydrogens (primary N) is 1. The third-order valence-electron chi connectivity index (χ3n) is 2.81. The Kier molecular flexibility index (Phi) is 2.52. The molecule has 7 heteroatoms. The number of hydrogen-bond acceptors (Lipinski definition) is 6. The standard InChI is InChI=1S/C12H12N6O/c1-6-16-10(13)9-8(7-3-14-5-15-4-7)12(19-2)18-11(9)17-6/h3-5H,1-2H3,(H3,13,16,17,18). The van der Waals surface area contributed by atoms with Gasteiger partial charge >= 0.3 is 0 Å². The van der Waals surface area contributed by atoms with Gasteiger partial charge in [0.1, 0.15) is 23.6 Å². The van der Waals surface area contributed by atoms with E-state index < -0.39 is 0 Å². The highest BCUT2D eigenvalue weighted by atomic mass is 16.5. The minimum atomic E-state index is 0.404. The maximum absolute atomic E-state index is 6.00. The van der Waals surface area contributed by atoms with E-state index in [0.29, 0.717) is 23.2 Å². The number of ether oxygens (including phenoxy) is 1. The normalized spacial score (nSPS) is 10.8. The molecular formula is C12H12N6O. The van der Waals surface area contributed by atoms with Gasteiger partial charge in [-0.25, -0.2) is 19.9 Å². The summed E-state index contributed by atoms with van der Waals surface area (Å²) in [5.41, 5.74) is 8.21. The predicted molar refractivity (Wildman–Crippen MR) is 70.6 cm³/mol. The molecule has 0 fully saturated rings. The first-order valence-corrected chi connectivity index (χ1v) is 5.66. The van der Waals surface area contributed by atoms with E-state index in [1.807, 2.05) is 0 Å². The van der Waals surface area contributed by atoms with Crippen molar-refractivity contribution < 1.29 is 4.74 Å². The van der Waals surface area contributed by atoms with Gasteiger partial charge in [0, 0.05) is 18.0 Å². The Bertz CT molecular complexity index is 737. The van der Waals surface area contributed by atoms with Gasteiger partial charge in [-0.15, -0.1) is 0 Å². The van der Waals surface area contributed by atoms with Crippen molar-refractivity contribution in [2.45, 2.75) is 6.92 Å². The van der Waals surface area contributed by atoms with Crippen molar-refractivity contribution in [1.82, 2.24) is 24.9 Å². The quantitative estimate of drug-likeness (QED) is 0.716. The van der Waals surface area contributed by atoms with Crippen LogP contribution in [0.2, 0.25) is 0 Å². The maximum Gasteiger partial charge on any atom is 0.201 e. The minimum absolute atomic E-state index is 0.404. The number of aromatic amines is 1. The van der Waals surface area contributed by atoms with Gasteiger partial charge in [0.15, 0.2) is 0 Å². The molecule has 0 radical (unpaired) electrons. The summed E-state index contributed by atoms with van der Waals surface area (Å²) in [5.74, 6) is 1.57. The van der Waals surface area contributed by atoms with Crippen LogP contribution < -0.4 is 10.5 Å². The third kappa shape index (κ3) is 1.75. The average Bonchev–Trinajstić information content (AvgIpc) is 2.78. The van der Waals surface area contributed by atoms with E-state index in [0.717, 1.165) is 16.5 Å². The summed E-state index contributed by atoms with van der Waals surface area (Å²) in [6, 6.07) is 0. The summed E-state index contributed by atoms with van der Waals surface area (Å²) in [6.45, 7) is 1.79. The van der Waals surface area contributed by atoms with Gasteiger partial charge in [-0.05, 0) is 6.92 Å². The number of rotatable bonds is 2. The highest BCUT2D eigenvalue weighted by Crippen LogP contribution is 2.38. The van der Waals surface area contributed by atoms with Gasteiger partial charge in [-0.2, -0.15) is 0 Å². The fourth-order valence-electron chi connectivity index (χ4n) is 2.07. The summed E-state index contributed by atoms with van der Waals surface area (Å²) in [6.07, 6.45) is 4.85. The summed E-state index contributed by atoms with van der Waals surface area (Å²) in [5, 5.41) is 0.720. The number of H-pyrrole nitrogens is 1. The molecule has 3 heterocycles. The monoisotopic (exact) mass is 256 g/mol. The summed E-state index contributed by atoms with van der Waals surface area (Å²) >= 11 is 0. The van der Waals surface area contributed by atoms with Crippen LogP contribution in [0.15, 0.2) is 18.7 Å². The molecule has 0 aliphatic heterocycles. The molecule has 0 aromatic carbocycles. The number of fused-ring (bicyclic) bond motifs is 1. The van der Waals surface area contributed by atoms with E-state index in [9.17, 15) is 0 Å². The Morgan fingerprint density at radius 1 is 1.21 bits per heavy atom. The predicted octanol–water partition coefficient (Wildman–Crippen LogP) is 1.31. The van der Waals surface area contributed by atoms with E-state index >= 15 is 0 Å². The van der Waals surface area contributed by atoms with E-state index in [-0.39, 0.29) is 0 Å². The molecule has 0 saturated carbocycles. The number of aromatic nitrogens is 5. The van der Waals surface area contributed by atoms with Gasteiger partial charge in [0.05, 0.1) is 18.1 Å². The lowest BCUT2D eigenvalue weighted by atomic mass is 10.1. The summed E-state index contributed by atoms with van der Waals surface area (Å²) < 4.78 is 5.35. The van der Waals surface area contributed by atoms with Crippen LogP contribution in [-0.2, 0) is 0 Å². The van der Waals surface area contributed by atoms with Gasteiger partial charge in [0.25, 0.3) is 0 Å². The molecule has 0 unspecified atom stereocenters. The number of nitrogens with zero attached hydrogens (tertiary/aromatic N) is 4. The highest BCUT2D eigenvalue weighted by molar-refractivity contribution is 6.03. The van der Waals surface area contributed by atoms with Crippen molar-refractivity contribution >= 4 is 16.9 Å². The molecule has 0 bridgehead atoms. The molecule has 0 saturated heterocycles. The lowest BCUT2D eigenvalue weighted by molar-refractivity contribution is 0.403. The van der Waals surface area contributed by atoms with Gasteiger partial charge in [-0.3, -0.25) is 0 Å². The number of aryl methyl sites for hydroxylation is 1. The fourth-order valence-corrected chi connectivity index (χ4v) is 2.07. The van der Waals surface area contributed by atoms with Gasteiger partial charge < -0.3 is 15.5 Å². The lowest BCUT2D eigenvalue weighted by Crippen LogP contribution is -1.96. The molecule has 96 valence electrons. The molecular weight excluding hydrogens is 244 g/mol. The zero-order valence-electron chi connectivity index (χ0n) is 10.5. The second-order valence-electron chi connectivity index (χ2n) is 4.04. The Morgan fingerprint density at radius 2 is 1.95 bits per heavy atom. The van der Waals surface area contributed by atoms with Gasteiger partial charge in [0.2, 0.25) is 5.88 Å². The molecule has 0 amide bonds. The lowest BCUT2D eigenvalue weighted by Gasteiger charge is -2.03. The molecule has 3 aromatic rings. The van der Waals surface area contributed by atoms with E-state index in [2.05, 4.69) is 24.9 Å². The molecule has 0 aliphatic rings. The number of methoxy groups -OCH3 is 1. The van der Waals surface area contributed by atoms with E-state index in [1.54, 1.807) is 26.4 Å². The van der Waals surface area contributed by atoms with Crippen molar-refractivity contribution in [3.05, 3.63) is 24.5 Å². The molecule has 7 nitrogen and oxygen atoms in total. The Hall–Kier alpha value is -2.70. The van der Waals surface area contributed by atoms with Crippen molar-refractivity contribution in [2.24, 2.45) is 0 Å². The van der Waals surface area contributed by atoms with E-state index in [4.69, 9.17) is 10.5 Å². The molecule has 0 atom stereocenters. The zero-order valence-corrected chi connectivity index (χ0v) is 10.5. The smallest absolute Gasteiger partial charge is 0.201 e. The number of hydrogen-bond donors (Lipinski definition) is 2. The molecule has 19 heavy (non-hydrogen) atoms. The van der Waals surface area contributed by atoms with E-state index in [1.165, 1.54) is 6.33 Å². The van der Waals surface area contributed by atoms with Gasteiger partial charge in [-0.1, -0.05) is 0 Å². The van der Waals surface area contributed by atoms with Crippen LogP contribution >= 0.6 is 0 Å². The van der Waals surface area contributed by atoms with Crippen molar-refractivity contribution in [3.63, 3.8) is 0 Å². The van der Waals surface area contributed by atoms with Crippen LogP contribution in [0.3, 0.4) is 0 Å². The summed E-state index contributed by atoms with van der Waals surface area (Å²) in [4.78, 5) is 19.6. The van der Waals surface area contributed by atoms with Crippen molar-refractivity contribution in [2.75, 3.05) is 12.8 Å². The van der Waals surface area contributed by atoms with Crippen LogP contribution in [0.4, 0.5) is 5.82 Å². The number of nitrogen functional groups attached to an aromatic ring is 1. The topological polar surface area (TPSA) is 103 Å². The van der Waals surface area contributed by atoms with Crippen LogP contribution in [0.1, 0.15) is 5.82 Å². The maximum atomic E-state index is 6.00. The Morgan fingerprint density at radius 3 is 2.63 bits per heavy atom. The molecule has 0 aliphatic carbocycles. The largest absolute Gasteiger partial charge is 0.482 e. The van der Waals surface area contributed by atoms with Crippen LogP contribution in [-0.4, -0.2) is 32.0 Å². The number of nitrogens with one attached hydrogen (secondary N) is 1. The molecule has 3 rings (SSSR count). The summed E-state index contributed by atoms with van der Waals surface area (Å²) in [7, 11) is 1.58. The molecule has 0 spiro atoms.